The topological polar surface area (TPSA) is 45.2 Å². The van der Waals surface area contributed by atoms with E-state index in [1.54, 1.807) is 0 Å². The van der Waals surface area contributed by atoms with E-state index in [2.05, 4.69) is 21.3 Å². The van der Waals surface area contributed by atoms with Crippen LogP contribution in [-0.4, -0.2) is 28.9 Å². The van der Waals surface area contributed by atoms with Crippen molar-refractivity contribution in [1.82, 2.24) is 9.88 Å². The molecule has 2 aliphatic carbocycles. The minimum atomic E-state index is -0.111. The molecule has 1 saturated heterocycles. The molecule has 0 unspecified atom stereocenters. The number of pyridine rings is 1. The van der Waals surface area contributed by atoms with Gasteiger partial charge < -0.3 is 5.32 Å². The van der Waals surface area contributed by atoms with Crippen molar-refractivity contribution in [3.8, 4) is 0 Å². The third-order valence-corrected chi connectivity index (χ3v) is 6.05. The first-order chi connectivity index (χ1) is 12.7. The van der Waals surface area contributed by atoms with Crippen molar-refractivity contribution in [2.75, 3.05) is 18.4 Å². The quantitative estimate of drug-likeness (QED) is 0.882. The molecule has 2 saturated carbocycles. The number of carbonyl (C=O) groups is 1. The highest BCUT2D eigenvalue weighted by Gasteiger charge is 2.47. The van der Waals surface area contributed by atoms with E-state index in [0.717, 1.165) is 17.9 Å². The fourth-order valence-corrected chi connectivity index (χ4v) is 4.13. The first kappa shape index (κ1) is 16.0. The van der Waals surface area contributed by atoms with E-state index in [1.165, 1.54) is 50.8 Å². The van der Waals surface area contributed by atoms with Crippen LogP contribution in [-0.2, 0) is 6.54 Å². The lowest BCUT2D eigenvalue weighted by Crippen LogP contribution is -2.21. The molecule has 134 valence electrons. The van der Waals surface area contributed by atoms with Crippen molar-refractivity contribution in [2.24, 2.45) is 5.41 Å². The van der Waals surface area contributed by atoms with Crippen molar-refractivity contribution in [1.29, 1.82) is 0 Å². The highest BCUT2D eigenvalue weighted by atomic mass is 16.1. The highest BCUT2D eigenvalue weighted by molar-refractivity contribution is 6.03. The molecule has 1 amide bonds. The van der Waals surface area contributed by atoms with Gasteiger partial charge in [-0.25, -0.2) is 4.98 Å². The fraction of sp³-hybridized carbons (Fsp3) is 0.455. The summed E-state index contributed by atoms with van der Waals surface area (Å²) < 4.78 is 0. The summed E-state index contributed by atoms with van der Waals surface area (Å²) in [5.41, 5.74) is 4.33. The lowest BCUT2D eigenvalue weighted by molar-refractivity contribution is 0.102. The maximum Gasteiger partial charge on any atom is 0.274 e. The number of amides is 1. The SMILES string of the molecule is O=C(Nc1ccccc1)c1cc(CN2CCC3(CC3)C2)cc(C2CC2)n1. The molecule has 3 fully saturated rings. The van der Waals surface area contributed by atoms with Crippen LogP contribution in [0.1, 0.15) is 59.8 Å². The van der Waals surface area contributed by atoms with Gasteiger partial charge in [-0.3, -0.25) is 9.69 Å². The number of likely N-dealkylation sites (tertiary alicyclic amines) is 1. The molecule has 5 rings (SSSR count). The first-order valence-electron chi connectivity index (χ1n) is 9.79. The summed E-state index contributed by atoms with van der Waals surface area (Å²) in [6.07, 6.45) is 6.54. The van der Waals surface area contributed by atoms with Crippen LogP contribution in [0.4, 0.5) is 5.69 Å². The third-order valence-electron chi connectivity index (χ3n) is 6.05. The Balaban J connectivity index is 1.36. The molecule has 1 spiro atoms. The Morgan fingerprint density at radius 1 is 1.15 bits per heavy atom. The zero-order valence-electron chi connectivity index (χ0n) is 15.1. The Labute approximate surface area is 154 Å². The molecule has 1 aliphatic heterocycles. The van der Waals surface area contributed by atoms with E-state index in [4.69, 9.17) is 0 Å². The molecule has 0 radical (unpaired) electrons. The van der Waals surface area contributed by atoms with Crippen molar-refractivity contribution in [3.05, 3.63) is 59.4 Å². The van der Waals surface area contributed by atoms with Crippen molar-refractivity contribution in [3.63, 3.8) is 0 Å². The minimum absolute atomic E-state index is 0.111. The lowest BCUT2D eigenvalue weighted by Gasteiger charge is -2.17. The molecule has 0 bridgehead atoms. The standard InChI is InChI=1S/C22H25N3O/c26-21(23-18-4-2-1-3-5-18)20-13-16(12-19(24-20)17-6-7-17)14-25-11-10-22(15-25)8-9-22/h1-5,12-13,17H,6-11,14-15H2,(H,23,26). The zero-order chi connectivity index (χ0) is 17.6. The van der Waals surface area contributed by atoms with Gasteiger partial charge in [0.1, 0.15) is 5.69 Å². The average Bonchev–Trinajstić information content (AvgIpc) is 3.56. The van der Waals surface area contributed by atoms with Gasteiger partial charge in [0.15, 0.2) is 0 Å². The molecule has 4 nitrogen and oxygen atoms in total. The van der Waals surface area contributed by atoms with Gasteiger partial charge in [0.05, 0.1) is 0 Å². The largest absolute Gasteiger partial charge is 0.321 e. The number of hydrogen-bond acceptors (Lipinski definition) is 3. The second kappa shape index (κ2) is 6.20. The van der Waals surface area contributed by atoms with Crippen LogP contribution in [0.5, 0.6) is 0 Å². The Morgan fingerprint density at radius 2 is 1.96 bits per heavy atom. The molecule has 1 aromatic heterocycles. The Morgan fingerprint density at radius 3 is 2.65 bits per heavy atom. The molecular weight excluding hydrogens is 322 g/mol. The Hall–Kier alpha value is -2.20. The maximum absolute atomic E-state index is 12.7. The van der Waals surface area contributed by atoms with E-state index < -0.39 is 0 Å². The predicted molar refractivity (Wildman–Crippen MR) is 102 cm³/mol. The number of hydrogen-bond donors (Lipinski definition) is 1. The van der Waals surface area contributed by atoms with Gasteiger partial charge in [0.2, 0.25) is 0 Å². The van der Waals surface area contributed by atoms with Crippen molar-refractivity contribution < 1.29 is 4.79 Å². The van der Waals surface area contributed by atoms with Gasteiger partial charge in [-0.05, 0) is 73.9 Å². The van der Waals surface area contributed by atoms with Gasteiger partial charge in [0.25, 0.3) is 5.91 Å². The van der Waals surface area contributed by atoms with Gasteiger partial charge in [-0.2, -0.15) is 0 Å². The second-order valence-electron chi connectivity index (χ2n) is 8.34. The fourth-order valence-electron chi connectivity index (χ4n) is 4.13. The predicted octanol–water partition coefficient (Wildman–Crippen LogP) is 4.20. The number of carbonyl (C=O) groups excluding carboxylic acids is 1. The van der Waals surface area contributed by atoms with Crippen LogP contribution in [0.2, 0.25) is 0 Å². The molecule has 0 atom stereocenters. The van der Waals surface area contributed by atoms with E-state index in [-0.39, 0.29) is 5.91 Å². The van der Waals surface area contributed by atoms with Crippen LogP contribution in [0.3, 0.4) is 0 Å². The molecule has 4 heteroatoms. The summed E-state index contributed by atoms with van der Waals surface area (Å²) in [6.45, 7) is 3.35. The minimum Gasteiger partial charge on any atom is -0.321 e. The number of para-hydroxylation sites is 1. The third kappa shape index (κ3) is 3.38. The maximum atomic E-state index is 12.7. The van der Waals surface area contributed by atoms with E-state index in [9.17, 15) is 4.79 Å². The Bertz CT molecular complexity index is 825. The van der Waals surface area contributed by atoms with Crippen LogP contribution in [0, 0.1) is 5.41 Å². The summed E-state index contributed by atoms with van der Waals surface area (Å²) in [4.78, 5) is 20.0. The van der Waals surface area contributed by atoms with Gasteiger partial charge in [-0.15, -0.1) is 0 Å². The second-order valence-corrected chi connectivity index (χ2v) is 8.34. The molecule has 1 aromatic carbocycles. The number of anilines is 1. The monoisotopic (exact) mass is 347 g/mol. The molecular formula is C22H25N3O. The van der Waals surface area contributed by atoms with Crippen LogP contribution in [0.25, 0.3) is 0 Å². The van der Waals surface area contributed by atoms with Crippen molar-refractivity contribution in [2.45, 2.75) is 44.6 Å². The smallest absolute Gasteiger partial charge is 0.274 e. The van der Waals surface area contributed by atoms with E-state index in [1.807, 2.05) is 36.4 Å². The molecule has 3 aliphatic rings. The Kier molecular flexibility index (Phi) is 3.82. The van der Waals surface area contributed by atoms with Crippen molar-refractivity contribution >= 4 is 11.6 Å². The van der Waals surface area contributed by atoms with Crippen LogP contribution >= 0.6 is 0 Å². The number of benzene rings is 1. The summed E-state index contributed by atoms with van der Waals surface area (Å²) >= 11 is 0. The normalized spacial score (nSPS) is 21.1. The van der Waals surface area contributed by atoms with E-state index in [0.29, 0.717) is 17.0 Å². The van der Waals surface area contributed by atoms with Gasteiger partial charge >= 0.3 is 0 Å². The van der Waals surface area contributed by atoms with Gasteiger partial charge in [-0.1, -0.05) is 18.2 Å². The number of nitrogens with zero attached hydrogens (tertiary/aromatic N) is 2. The summed E-state index contributed by atoms with van der Waals surface area (Å²) in [7, 11) is 0. The highest BCUT2D eigenvalue weighted by Crippen LogP contribution is 2.52. The number of aromatic nitrogens is 1. The summed E-state index contributed by atoms with van der Waals surface area (Å²) in [5, 5.41) is 2.97. The zero-order valence-corrected chi connectivity index (χ0v) is 15.1. The van der Waals surface area contributed by atoms with Crippen LogP contribution < -0.4 is 5.32 Å². The molecule has 26 heavy (non-hydrogen) atoms. The molecule has 2 aromatic rings. The van der Waals surface area contributed by atoms with Gasteiger partial charge in [0, 0.05) is 30.4 Å². The van der Waals surface area contributed by atoms with E-state index >= 15 is 0 Å². The summed E-state index contributed by atoms with van der Waals surface area (Å²) in [5.74, 6) is 0.437. The number of nitrogens with one attached hydrogen (secondary N) is 1. The molecule has 2 heterocycles. The number of rotatable bonds is 5. The summed E-state index contributed by atoms with van der Waals surface area (Å²) in [6, 6.07) is 13.8. The first-order valence-corrected chi connectivity index (χ1v) is 9.79. The lowest BCUT2D eigenvalue weighted by atomic mass is 10.1. The average molecular weight is 347 g/mol. The molecule has 1 N–H and O–H groups in total. The van der Waals surface area contributed by atoms with Crippen LogP contribution in [0.15, 0.2) is 42.5 Å².